The number of thioether (sulfide) groups is 1. The molecule has 0 unspecified atom stereocenters. The van der Waals surface area contributed by atoms with Gasteiger partial charge in [-0.25, -0.2) is 9.97 Å². The molecule has 1 aromatic carbocycles. The van der Waals surface area contributed by atoms with E-state index in [0.717, 1.165) is 0 Å². The Balaban J connectivity index is 1.96. The van der Waals surface area contributed by atoms with Crippen LogP contribution in [0.25, 0.3) is 11.6 Å². The van der Waals surface area contributed by atoms with E-state index in [4.69, 9.17) is 9.15 Å². The molecule has 0 aliphatic carbocycles. The van der Waals surface area contributed by atoms with Crippen LogP contribution in [-0.4, -0.2) is 35.1 Å². The molecule has 150 valence electrons. The van der Waals surface area contributed by atoms with Gasteiger partial charge in [-0.15, -0.1) is 11.8 Å². The third-order valence-corrected chi connectivity index (χ3v) is 4.67. The Bertz CT molecular complexity index is 1050. The largest absolute Gasteiger partial charge is 0.495 e. The van der Waals surface area contributed by atoms with E-state index in [9.17, 15) is 9.59 Å². The Morgan fingerprint density at radius 1 is 1.17 bits per heavy atom. The van der Waals surface area contributed by atoms with Crippen molar-refractivity contribution in [1.29, 1.82) is 0 Å². The summed E-state index contributed by atoms with van der Waals surface area (Å²) in [6, 6.07) is 8.50. The molecule has 0 aliphatic rings. The molecule has 0 fully saturated rings. The van der Waals surface area contributed by atoms with Crippen LogP contribution in [0.1, 0.15) is 23.0 Å². The van der Waals surface area contributed by atoms with E-state index >= 15 is 0 Å². The Morgan fingerprint density at radius 3 is 2.59 bits per heavy atom. The monoisotopic (exact) mass is 412 g/mol. The lowest BCUT2D eigenvalue weighted by molar-refractivity contribution is -0.114. The van der Waals surface area contributed by atoms with Gasteiger partial charge in [0.2, 0.25) is 5.91 Å². The molecule has 0 saturated heterocycles. The van der Waals surface area contributed by atoms with Crippen molar-refractivity contribution in [2.45, 2.75) is 18.9 Å². The topological polar surface area (TPSA) is 106 Å². The molecule has 0 atom stereocenters. The number of nitrogens with zero attached hydrogens (tertiary/aromatic N) is 2. The van der Waals surface area contributed by atoms with E-state index in [2.05, 4.69) is 20.6 Å². The highest BCUT2D eigenvalue weighted by atomic mass is 32.2. The van der Waals surface area contributed by atoms with Crippen molar-refractivity contribution in [2.24, 2.45) is 0 Å². The predicted octanol–water partition coefficient (Wildman–Crippen LogP) is 3.99. The third kappa shape index (κ3) is 4.57. The summed E-state index contributed by atoms with van der Waals surface area (Å²) < 4.78 is 10.7. The van der Waals surface area contributed by atoms with Gasteiger partial charge in [-0.2, -0.15) is 0 Å². The van der Waals surface area contributed by atoms with Crippen molar-refractivity contribution in [3.63, 3.8) is 0 Å². The number of aryl methyl sites for hydroxylation is 1. The first-order valence-corrected chi connectivity index (χ1v) is 9.89. The Morgan fingerprint density at radius 2 is 1.97 bits per heavy atom. The first-order chi connectivity index (χ1) is 13.9. The Hall–Kier alpha value is -3.33. The minimum absolute atomic E-state index is 0.213. The maximum atomic E-state index is 13.0. The van der Waals surface area contributed by atoms with E-state index in [1.165, 1.54) is 25.8 Å². The van der Waals surface area contributed by atoms with Crippen molar-refractivity contribution >= 4 is 35.0 Å². The molecule has 0 radical (unpaired) electrons. The van der Waals surface area contributed by atoms with E-state index in [1.807, 2.05) is 6.26 Å². The number of furan rings is 1. The van der Waals surface area contributed by atoms with Gasteiger partial charge in [0.1, 0.15) is 10.8 Å². The number of rotatable bonds is 6. The van der Waals surface area contributed by atoms with E-state index in [1.54, 1.807) is 43.5 Å². The fourth-order valence-corrected chi connectivity index (χ4v) is 3.37. The quantitative estimate of drug-likeness (QED) is 0.466. The lowest BCUT2D eigenvalue weighted by atomic mass is 10.2. The van der Waals surface area contributed by atoms with Gasteiger partial charge in [0, 0.05) is 12.6 Å². The smallest absolute Gasteiger partial charge is 0.260 e. The number of amides is 2. The molecule has 9 heteroatoms. The first kappa shape index (κ1) is 20.4. The van der Waals surface area contributed by atoms with Gasteiger partial charge in [0.05, 0.1) is 30.3 Å². The number of carbonyl (C=O) groups is 2. The summed E-state index contributed by atoms with van der Waals surface area (Å²) in [5, 5.41) is 6.04. The van der Waals surface area contributed by atoms with Gasteiger partial charge in [-0.05, 0) is 43.5 Å². The van der Waals surface area contributed by atoms with Crippen LogP contribution in [0.4, 0.5) is 11.4 Å². The molecule has 2 aromatic heterocycles. The zero-order valence-corrected chi connectivity index (χ0v) is 17.2. The second-order valence-electron chi connectivity index (χ2n) is 6.04. The second kappa shape index (κ2) is 8.78. The average Bonchev–Trinajstić information content (AvgIpc) is 3.21. The van der Waals surface area contributed by atoms with Gasteiger partial charge in [0.25, 0.3) is 5.91 Å². The number of nitrogens with one attached hydrogen (secondary N) is 2. The number of anilines is 2. The van der Waals surface area contributed by atoms with Gasteiger partial charge in [0.15, 0.2) is 11.6 Å². The highest BCUT2D eigenvalue weighted by Crippen LogP contribution is 2.30. The molecule has 3 rings (SSSR count). The number of carbonyl (C=O) groups excluding carboxylic acids is 2. The molecule has 3 aromatic rings. The average molecular weight is 412 g/mol. The standard InChI is InChI=1S/C20H20N4O4S/c1-11-17(20(29-4)24-18(21-11)16-6-5-9-28-16)19(26)23-14-10-13(22-12(2)25)7-8-15(14)27-3/h5-10H,1-4H3,(H,22,25)(H,23,26). The summed E-state index contributed by atoms with van der Waals surface area (Å²) in [5.74, 6) is 0.814. The van der Waals surface area contributed by atoms with Crippen molar-refractivity contribution < 1.29 is 18.7 Å². The summed E-state index contributed by atoms with van der Waals surface area (Å²) in [6.45, 7) is 3.15. The summed E-state index contributed by atoms with van der Waals surface area (Å²) >= 11 is 1.34. The fourth-order valence-electron chi connectivity index (χ4n) is 2.74. The van der Waals surface area contributed by atoms with Gasteiger partial charge >= 0.3 is 0 Å². The molecule has 0 saturated carbocycles. The molecular formula is C20H20N4O4S. The fraction of sp³-hybridized carbons (Fsp3) is 0.200. The number of hydrogen-bond acceptors (Lipinski definition) is 7. The van der Waals surface area contributed by atoms with Crippen molar-refractivity contribution in [3.8, 4) is 17.3 Å². The van der Waals surface area contributed by atoms with Crippen molar-refractivity contribution in [2.75, 3.05) is 24.0 Å². The normalized spacial score (nSPS) is 10.5. The Labute approximate surface area is 172 Å². The van der Waals surface area contributed by atoms with E-state index in [-0.39, 0.29) is 11.8 Å². The van der Waals surface area contributed by atoms with Crippen molar-refractivity contribution in [3.05, 3.63) is 47.9 Å². The van der Waals surface area contributed by atoms with Crippen LogP contribution >= 0.6 is 11.8 Å². The molecule has 29 heavy (non-hydrogen) atoms. The molecule has 0 spiro atoms. The van der Waals surface area contributed by atoms with Gasteiger partial charge in [-0.1, -0.05) is 0 Å². The maximum Gasteiger partial charge on any atom is 0.260 e. The van der Waals surface area contributed by atoms with Crippen LogP contribution < -0.4 is 15.4 Å². The molecule has 8 nitrogen and oxygen atoms in total. The Kier molecular flexibility index (Phi) is 6.18. The molecule has 2 amide bonds. The van der Waals surface area contributed by atoms with Gasteiger partial charge < -0.3 is 19.8 Å². The number of ether oxygens (including phenoxy) is 1. The number of hydrogen-bond donors (Lipinski definition) is 2. The molecule has 2 N–H and O–H groups in total. The van der Waals surface area contributed by atoms with Crippen LogP contribution in [0.15, 0.2) is 46.0 Å². The summed E-state index contributed by atoms with van der Waals surface area (Å²) in [6.07, 6.45) is 3.38. The number of aromatic nitrogens is 2. The van der Waals surface area contributed by atoms with Crippen molar-refractivity contribution in [1.82, 2.24) is 9.97 Å². The number of methoxy groups -OCH3 is 1. The minimum atomic E-state index is -0.379. The van der Waals surface area contributed by atoms with Crippen LogP contribution in [0, 0.1) is 6.92 Å². The maximum absolute atomic E-state index is 13.0. The highest BCUT2D eigenvalue weighted by molar-refractivity contribution is 7.98. The van der Waals surface area contributed by atoms with Gasteiger partial charge in [-0.3, -0.25) is 9.59 Å². The number of benzene rings is 1. The zero-order chi connectivity index (χ0) is 21.0. The summed E-state index contributed by atoms with van der Waals surface area (Å²) in [4.78, 5) is 33.3. The lowest BCUT2D eigenvalue weighted by Crippen LogP contribution is -2.17. The van der Waals surface area contributed by atoms with Crippen LogP contribution in [0.5, 0.6) is 5.75 Å². The summed E-state index contributed by atoms with van der Waals surface area (Å²) in [7, 11) is 1.50. The predicted molar refractivity (Wildman–Crippen MR) is 112 cm³/mol. The molecule has 0 aliphatic heterocycles. The summed E-state index contributed by atoms with van der Waals surface area (Å²) in [5.41, 5.74) is 1.84. The highest BCUT2D eigenvalue weighted by Gasteiger charge is 2.21. The molecular weight excluding hydrogens is 392 g/mol. The second-order valence-corrected chi connectivity index (χ2v) is 6.84. The lowest BCUT2D eigenvalue weighted by Gasteiger charge is -2.15. The van der Waals surface area contributed by atoms with Crippen LogP contribution in [-0.2, 0) is 4.79 Å². The SMILES string of the molecule is COc1ccc(NC(C)=O)cc1NC(=O)c1c(C)nc(-c2ccco2)nc1SC. The van der Waals surface area contributed by atoms with Crippen LogP contribution in [0.3, 0.4) is 0 Å². The molecule has 2 heterocycles. The molecule has 0 bridgehead atoms. The first-order valence-electron chi connectivity index (χ1n) is 8.66. The van der Waals surface area contributed by atoms with E-state index < -0.39 is 0 Å². The van der Waals surface area contributed by atoms with E-state index in [0.29, 0.717) is 45.0 Å². The zero-order valence-electron chi connectivity index (χ0n) is 16.4. The van der Waals surface area contributed by atoms with Crippen LogP contribution in [0.2, 0.25) is 0 Å². The minimum Gasteiger partial charge on any atom is -0.495 e. The third-order valence-electron chi connectivity index (χ3n) is 3.99.